The maximum Gasteiger partial charge on any atom is 0.0757 e. The summed E-state index contributed by atoms with van der Waals surface area (Å²) < 4.78 is 0. The molecular weight excluding hydrogens is 140 g/mol. The van der Waals surface area contributed by atoms with Gasteiger partial charge >= 0.3 is 0 Å². The number of nitrogens with zero attached hydrogens (tertiary/aromatic N) is 2. The molecule has 2 aliphatic heterocycles. The summed E-state index contributed by atoms with van der Waals surface area (Å²) in [6.07, 6.45) is 4.72. The molecule has 3 nitrogen and oxygen atoms in total. The van der Waals surface area contributed by atoms with E-state index in [1.165, 1.54) is 19.3 Å². The Morgan fingerprint density at radius 2 is 2.36 bits per heavy atom. The molecule has 0 spiro atoms. The van der Waals surface area contributed by atoms with Crippen LogP contribution in [0.2, 0.25) is 0 Å². The number of piperidine rings is 1. The van der Waals surface area contributed by atoms with Gasteiger partial charge < -0.3 is 5.21 Å². The minimum Gasteiger partial charge on any atom is -0.411 e. The Morgan fingerprint density at radius 3 is 3.00 bits per heavy atom. The minimum atomic E-state index is 0.443. The van der Waals surface area contributed by atoms with Gasteiger partial charge in [0.15, 0.2) is 0 Å². The molecule has 0 aromatic carbocycles. The molecule has 0 saturated carbocycles. The van der Waals surface area contributed by atoms with Crippen LogP contribution in [0.25, 0.3) is 0 Å². The van der Waals surface area contributed by atoms with Crippen molar-refractivity contribution in [2.45, 2.75) is 37.8 Å². The van der Waals surface area contributed by atoms with Crippen molar-refractivity contribution in [1.82, 2.24) is 4.90 Å². The fourth-order valence-electron chi connectivity index (χ4n) is 2.34. The van der Waals surface area contributed by atoms with Crippen LogP contribution in [0.4, 0.5) is 0 Å². The van der Waals surface area contributed by atoms with Crippen LogP contribution >= 0.6 is 0 Å². The highest BCUT2D eigenvalue weighted by molar-refractivity contribution is 5.91. The molecule has 3 heteroatoms. The Labute approximate surface area is 66.7 Å². The lowest BCUT2D eigenvalue weighted by Crippen LogP contribution is -2.37. The highest BCUT2D eigenvalue weighted by Gasteiger charge is 2.38. The van der Waals surface area contributed by atoms with Gasteiger partial charge in [0.25, 0.3) is 0 Å². The molecule has 0 radical (unpaired) electrons. The number of hydrogen-bond acceptors (Lipinski definition) is 3. The van der Waals surface area contributed by atoms with Crippen LogP contribution in [0.15, 0.2) is 5.16 Å². The Morgan fingerprint density at radius 1 is 1.55 bits per heavy atom. The Hall–Kier alpha value is -0.570. The van der Waals surface area contributed by atoms with Crippen molar-refractivity contribution in [1.29, 1.82) is 0 Å². The van der Waals surface area contributed by atoms with E-state index in [-0.39, 0.29) is 0 Å². The molecule has 2 atom stereocenters. The fraction of sp³-hybridized carbons (Fsp3) is 0.875. The summed E-state index contributed by atoms with van der Waals surface area (Å²) in [5, 5.41) is 12.0. The molecule has 1 N–H and O–H groups in total. The molecule has 0 aliphatic carbocycles. The van der Waals surface area contributed by atoms with Crippen LogP contribution in [0.1, 0.15) is 25.7 Å². The lowest BCUT2D eigenvalue weighted by molar-refractivity contribution is 0.189. The van der Waals surface area contributed by atoms with Gasteiger partial charge in [-0.15, -0.1) is 0 Å². The predicted octanol–water partition coefficient (Wildman–Crippen LogP) is 1.07. The molecule has 62 valence electrons. The van der Waals surface area contributed by atoms with E-state index in [4.69, 9.17) is 5.21 Å². The first kappa shape index (κ1) is 7.10. The molecule has 2 saturated heterocycles. The molecule has 2 unspecified atom stereocenters. The summed E-state index contributed by atoms with van der Waals surface area (Å²) in [4.78, 5) is 2.35. The van der Waals surface area contributed by atoms with E-state index < -0.39 is 0 Å². The first-order valence-corrected chi connectivity index (χ1v) is 4.25. The molecular formula is C8H14N2O. The van der Waals surface area contributed by atoms with Gasteiger partial charge in [-0.25, -0.2) is 0 Å². The number of fused-ring (bicyclic) bond motifs is 2. The lowest BCUT2D eigenvalue weighted by Gasteiger charge is -2.29. The van der Waals surface area contributed by atoms with E-state index in [0.29, 0.717) is 12.1 Å². The Kier molecular flexibility index (Phi) is 1.60. The third-order valence-electron chi connectivity index (χ3n) is 3.04. The maximum absolute atomic E-state index is 8.69. The van der Waals surface area contributed by atoms with Gasteiger partial charge in [-0.2, -0.15) is 0 Å². The van der Waals surface area contributed by atoms with Gasteiger partial charge in [-0.3, -0.25) is 4.90 Å². The van der Waals surface area contributed by atoms with Gasteiger partial charge in [0, 0.05) is 12.5 Å². The van der Waals surface area contributed by atoms with E-state index in [9.17, 15) is 0 Å². The van der Waals surface area contributed by atoms with Crippen molar-refractivity contribution in [3.8, 4) is 0 Å². The second kappa shape index (κ2) is 2.48. The van der Waals surface area contributed by atoms with E-state index >= 15 is 0 Å². The van der Waals surface area contributed by atoms with Gasteiger partial charge in [0.2, 0.25) is 0 Å². The zero-order valence-corrected chi connectivity index (χ0v) is 6.82. The van der Waals surface area contributed by atoms with Crippen LogP contribution in [-0.2, 0) is 0 Å². The quantitative estimate of drug-likeness (QED) is 0.418. The predicted molar refractivity (Wildman–Crippen MR) is 43.0 cm³/mol. The number of oxime groups is 1. The van der Waals surface area contributed by atoms with Gasteiger partial charge in [-0.05, 0) is 26.3 Å². The Balaban J connectivity index is 2.22. The van der Waals surface area contributed by atoms with E-state index in [2.05, 4.69) is 17.1 Å². The van der Waals surface area contributed by atoms with E-state index in [1.807, 2.05) is 0 Å². The summed E-state index contributed by atoms with van der Waals surface area (Å²) in [6.45, 7) is 0. The van der Waals surface area contributed by atoms with Crippen LogP contribution < -0.4 is 0 Å². The second-order valence-electron chi connectivity index (χ2n) is 3.56. The average molecular weight is 154 g/mol. The topological polar surface area (TPSA) is 35.8 Å². The van der Waals surface area contributed by atoms with Crippen LogP contribution in [0.3, 0.4) is 0 Å². The average Bonchev–Trinajstić information content (AvgIpc) is 2.23. The summed E-state index contributed by atoms with van der Waals surface area (Å²) in [6, 6.07) is 1.10. The van der Waals surface area contributed by atoms with Gasteiger partial charge in [-0.1, -0.05) is 5.16 Å². The monoisotopic (exact) mass is 154 g/mol. The summed E-state index contributed by atoms with van der Waals surface area (Å²) in [5.41, 5.74) is 0.995. The zero-order chi connectivity index (χ0) is 7.84. The van der Waals surface area contributed by atoms with Gasteiger partial charge in [0.1, 0.15) is 0 Å². The van der Waals surface area contributed by atoms with Crippen molar-refractivity contribution in [2.24, 2.45) is 5.16 Å². The van der Waals surface area contributed by atoms with E-state index in [0.717, 1.165) is 12.1 Å². The molecule has 2 heterocycles. The zero-order valence-electron chi connectivity index (χ0n) is 6.82. The van der Waals surface area contributed by atoms with E-state index in [1.54, 1.807) is 0 Å². The van der Waals surface area contributed by atoms with Crippen molar-refractivity contribution >= 4 is 5.71 Å². The molecule has 0 amide bonds. The van der Waals surface area contributed by atoms with Crippen LogP contribution in [-0.4, -0.2) is 35.0 Å². The molecule has 2 rings (SSSR count). The van der Waals surface area contributed by atoms with Crippen molar-refractivity contribution < 1.29 is 5.21 Å². The largest absolute Gasteiger partial charge is 0.411 e. The maximum atomic E-state index is 8.69. The first-order valence-electron chi connectivity index (χ1n) is 4.25. The molecule has 2 fully saturated rings. The third kappa shape index (κ3) is 0.948. The van der Waals surface area contributed by atoms with Crippen molar-refractivity contribution in [3.05, 3.63) is 0 Å². The smallest absolute Gasteiger partial charge is 0.0757 e. The summed E-state index contributed by atoms with van der Waals surface area (Å²) in [7, 11) is 2.13. The standard InChI is InChI=1S/C8H14N2O/c1-10-6-3-2-4-8(10)7(5-6)9-11/h6,8,11H,2-5H2,1H3/b9-7-. The fourth-order valence-corrected chi connectivity index (χ4v) is 2.34. The Bertz CT molecular complexity index is 191. The third-order valence-corrected chi connectivity index (χ3v) is 3.04. The van der Waals surface area contributed by atoms with Crippen molar-refractivity contribution in [2.75, 3.05) is 7.05 Å². The lowest BCUT2D eigenvalue weighted by atomic mass is 10.0. The SMILES string of the molecule is CN1C2CCCC1/C(=N\O)C2. The van der Waals surface area contributed by atoms with Gasteiger partial charge in [0.05, 0.1) is 11.8 Å². The van der Waals surface area contributed by atoms with Crippen LogP contribution in [0.5, 0.6) is 0 Å². The molecule has 0 aromatic heterocycles. The molecule has 2 aliphatic rings. The molecule has 11 heavy (non-hydrogen) atoms. The first-order chi connectivity index (χ1) is 5.33. The summed E-state index contributed by atoms with van der Waals surface area (Å²) in [5.74, 6) is 0. The minimum absolute atomic E-state index is 0.443. The second-order valence-corrected chi connectivity index (χ2v) is 3.56. The number of hydrogen-bond donors (Lipinski definition) is 1. The number of rotatable bonds is 0. The normalized spacial score (nSPS) is 41.7. The highest BCUT2D eigenvalue weighted by atomic mass is 16.4. The highest BCUT2D eigenvalue weighted by Crippen LogP contribution is 2.32. The van der Waals surface area contributed by atoms with Crippen LogP contribution in [0, 0.1) is 0 Å². The summed E-state index contributed by atoms with van der Waals surface area (Å²) >= 11 is 0. The molecule has 0 aromatic rings. The van der Waals surface area contributed by atoms with Crippen molar-refractivity contribution in [3.63, 3.8) is 0 Å². The molecule has 2 bridgehead atoms.